The molecule has 0 radical (unpaired) electrons. The number of amides is 1. The van der Waals surface area contributed by atoms with E-state index in [2.05, 4.69) is 9.88 Å². The van der Waals surface area contributed by atoms with Gasteiger partial charge in [-0.05, 0) is 24.1 Å². The second-order valence-electron chi connectivity index (χ2n) is 7.16. The number of imidazole rings is 1. The number of β-amino-alcohol motifs (C(OH)–C–C–N with tert-alkyl or cyclic N) is 1. The molecule has 2 aromatic heterocycles. The molecule has 1 aromatic carbocycles. The third-order valence-corrected chi connectivity index (χ3v) is 5.06. The van der Waals surface area contributed by atoms with Crippen LogP contribution in [-0.4, -0.2) is 56.4 Å². The van der Waals surface area contributed by atoms with Crippen molar-refractivity contribution in [3.05, 3.63) is 71.7 Å². The van der Waals surface area contributed by atoms with Crippen LogP contribution in [-0.2, 0) is 13.1 Å². The average molecular weight is 364 g/mol. The summed E-state index contributed by atoms with van der Waals surface area (Å²) in [5.41, 5.74) is 3.22. The van der Waals surface area contributed by atoms with Gasteiger partial charge < -0.3 is 14.4 Å². The zero-order chi connectivity index (χ0) is 18.8. The van der Waals surface area contributed by atoms with Crippen LogP contribution >= 0.6 is 0 Å². The molecule has 3 heterocycles. The van der Waals surface area contributed by atoms with Crippen LogP contribution in [0.1, 0.15) is 28.2 Å². The van der Waals surface area contributed by atoms with E-state index in [1.54, 1.807) is 4.90 Å². The van der Waals surface area contributed by atoms with E-state index in [9.17, 15) is 9.90 Å². The number of carbonyl (C=O) groups is 1. The van der Waals surface area contributed by atoms with E-state index < -0.39 is 0 Å². The molecule has 1 aliphatic rings. The minimum atomic E-state index is -0.288. The number of benzene rings is 1. The fourth-order valence-corrected chi connectivity index (χ4v) is 3.65. The number of hydrogen-bond donors (Lipinski definition) is 1. The number of aromatic nitrogens is 2. The Morgan fingerprint density at radius 1 is 1.22 bits per heavy atom. The molecule has 0 aliphatic carbocycles. The van der Waals surface area contributed by atoms with Crippen LogP contribution in [0.3, 0.4) is 0 Å². The fourth-order valence-electron chi connectivity index (χ4n) is 3.65. The van der Waals surface area contributed by atoms with Gasteiger partial charge in [-0.1, -0.05) is 36.4 Å². The first kappa shape index (κ1) is 17.7. The van der Waals surface area contributed by atoms with Crippen LogP contribution < -0.4 is 0 Å². The monoisotopic (exact) mass is 364 g/mol. The van der Waals surface area contributed by atoms with Crippen LogP contribution in [0.5, 0.6) is 0 Å². The summed E-state index contributed by atoms with van der Waals surface area (Å²) in [4.78, 5) is 21.7. The number of hydrogen-bond acceptors (Lipinski definition) is 4. The molecule has 1 aliphatic heterocycles. The molecule has 1 fully saturated rings. The van der Waals surface area contributed by atoms with Crippen LogP contribution in [0.4, 0.5) is 0 Å². The maximum atomic E-state index is 13.2. The molecule has 3 aromatic rings. The summed E-state index contributed by atoms with van der Waals surface area (Å²) >= 11 is 0. The zero-order valence-corrected chi connectivity index (χ0v) is 15.5. The Morgan fingerprint density at radius 3 is 2.74 bits per heavy atom. The topological polar surface area (TPSA) is 61.1 Å². The van der Waals surface area contributed by atoms with Crippen LogP contribution in [0.25, 0.3) is 5.65 Å². The molecule has 0 saturated carbocycles. The Morgan fingerprint density at radius 2 is 2.00 bits per heavy atom. The minimum Gasteiger partial charge on any atom is -0.392 e. The van der Waals surface area contributed by atoms with E-state index in [1.165, 1.54) is 0 Å². The quantitative estimate of drug-likeness (QED) is 0.754. The highest BCUT2D eigenvalue weighted by atomic mass is 16.3. The number of aliphatic hydroxyl groups is 1. The first-order valence-corrected chi connectivity index (χ1v) is 9.27. The molecular weight excluding hydrogens is 340 g/mol. The predicted molar refractivity (Wildman–Crippen MR) is 103 cm³/mol. The second-order valence-corrected chi connectivity index (χ2v) is 7.16. The lowest BCUT2D eigenvalue weighted by atomic mass is 10.2. The van der Waals surface area contributed by atoms with Crippen molar-refractivity contribution in [3.63, 3.8) is 0 Å². The first-order chi connectivity index (χ1) is 13.1. The van der Waals surface area contributed by atoms with Crippen molar-refractivity contribution in [3.8, 4) is 0 Å². The number of aliphatic hydroxyl groups excluding tert-OH is 1. The van der Waals surface area contributed by atoms with E-state index in [-0.39, 0.29) is 12.0 Å². The third-order valence-electron chi connectivity index (χ3n) is 5.06. The second kappa shape index (κ2) is 7.50. The molecule has 1 atom stereocenters. The van der Waals surface area contributed by atoms with Gasteiger partial charge in [0.15, 0.2) is 5.69 Å². The van der Waals surface area contributed by atoms with Gasteiger partial charge in [0.25, 0.3) is 5.91 Å². The van der Waals surface area contributed by atoms with Gasteiger partial charge in [-0.25, -0.2) is 4.98 Å². The van der Waals surface area contributed by atoms with Crippen molar-refractivity contribution >= 4 is 11.6 Å². The Labute approximate surface area is 158 Å². The molecule has 6 nitrogen and oxygen atoms in total. The van der Waals surface area contributed by atoms with E-state index >= 15 is 0 Å². The van der Waals surface area contributed by atoms with E-state index in [0.717, 1.165) is 29.9 Å². The minimum absolute atomic E-state index is 0.0858. The molecule has 27 heavy (non-hydrogen) atoms. The smallest absolute Gasteiger partial charge is 0.274 e. The van der Waals surface area contributed by atoms with Gasteiger partial charge in [-0.15, -0.1) is 0 Å². The molecule has 6 heteroatoms. The molecule has 0 unspecified atom stereocenters. The highest BCUT2D eigenvalue weighted by molar-refractivity contribution is 5.94. The van der Waals surface area contributed by atoms with Crippen LogP contribution in [0, 0.1) is 0 Å². The number of nitrogens with zero attached hydrogens (tertiary/aromatic N) is 4. The van der Waals surface area contributed by atoms with Gasteiger partial charge in [0.05, 0.1) is 11.8 Å². The van der Waals surface area contributed by atoms with Gasteiger partial charge >= 0.3 is 0 Å². The van der Waals surface area contributed by atoms with Crippen molar-refractivity contribution in [1.82, 2.24) is 19.2 Å². The Bertz CT molecular complexity index is 938. The Hall–Kier alpha value is -2.70. The van der Waals surface area contributed by atoms with Gasteiger partial charge in [0.2, 0.25) is 0 Å². The summed E-state index contributed by atoms with van der Waals surface area (Å²) in [5, 5.41) is 9.83. The number of rotatable bonds is 5. The molecule has 0 spiro atoms. The van der Waals surface area contributed by atoms with Crippen LogP contribution in [0.15, 0.2) is 54.7 Å². The Balaban J connectivity index is 1.63. The molecule has 4 rings (SSSR count). The lowest BCUT2D eigenvalue weighted by molar-refractivity contribution is 0.0777. The molecule has 140 valence electrons. The van der Waals surface area contributed by atoms with E-state index in [4.69, 9.17) is 0 Å². The number of likely N-dealkylation sites (tertiary alicyclic amines) is 1. The SMILES string of the molecule is CN(Cc1ccccc1)C(=O)c1nc2ccccn2c1CN1CC[C@@H](O)C1. The highest BCUT2D eigenvalue weighted by Gasteiger charge is 2.26. The maximum Gasteiger partial charge on any atom is 0.274 e. The fraction of sp³-hybridized carbons (Fsp3) is 0.333. The van der Waals surface area contributed by atoms with Gasteiger partial charge in [0.1, 0.15) is 5.65 Å². The van der Waals surface area contributed by atoms with Gasteiger partial charge in [-0.2, -0.15) is 0 Å². The van der Waals surface area contributed by atoms with Crippen molar-refractivity contribution in [2.75, 3.05) is 20.1 Å². The molecule has 0 bridgehead atoms. The average Bonchev–Trinajstić information content (AvgIpc) is 3.26. The van der Waals surface area contributed by atoms with Crippen molar-refractivity contribution in [1.29, 1.82) is 0 Å². The third kappa shape index (κ3) is 3.72. The standard InChI is InChI=1S/C21H24N4O2/c1-23(13-16-7-3-2-4-8-16)21(27)20-18(15-24-12-10-17(26)14-24)25-11-6-5-9-19(25)22-20/h2-9,11,17,26H,10,12-15H2,1H3/t17-/m1/s1. The molecular formula is C21H24N4O2. The molecule has 1 saturated heterocycles. The normalized spacial score (nSPS) is 17.5. The maximum absolute atomic E-state index is 13.2. The van der Waals surface area contributed by atoms with Gasteiger partial charge in [-0.3, -0.25) is 9.69 Å². The van der Waals surface area contributed by atoms with Crippen molar-refractivity contribution in [2.45, 2.75) is 25.6 Å². The summed E-state index contributed by atoms with van der Waals surface area (Å²) in [6.45, 7) is 2.60. The lowest BCUT2D eigenvalue weighted by Crippen LogP contribution is -2.29. The van der Waals surface area contributed by atoms with E-state index in [1.807, 2.05) is 66.2 Å². The molecule has 1 N–H and O–H groups in total. The molecule has 1 amide bonds. The predicted octanol–water partition coefficient (Wildman–Crippen LogP) is 2.17. The summed E-state index contributed by atoms with van der Waals surface area (Å²) in [7, 11) is 1.81. The highest BCUT2D eigenvalue weighted by Crippen LogP contribution is 2.20. The lowest BCUT2D eigenvalue weighted by Gasteiger charge is -2.19. The van der Waals surface area contributed by atoms with Crippen LogP contribution in [0.2, 0.25) is 0 Å². The van der Waals surface area contributed by atoms with Crippen molar-refractivity contribution in [2.24, 2.45) is 0 Å². The largest absolute Gasteiger partial charge is 0.392 e. The summed E-state index contributed by atoms with van der Waals surface area (Å²) < 4.78 is 1.98. The van der Waals surface area contributed by atoms with Gasteiger partial charge in [0, 0.05) is 39.4 Å². The number of carbonyl (C=O) groups excluding carboxylic acids is 1. The number of pyridine rings is 1. The summed E-state index contributed by atoms with van der Waals surface area (Å²) in [6.07, 6.45) is 2.43. The Kier molecular flexibility index (Phi) is 4.92. The number of fused-ring (bicyclic) bond motifs is 1. The van der Waals surface area contributed by atoms with Crippen molar-refractivity contribution < 1.29 is 9.90 Å². The summed E-state index contributed by atoms with van der Waals surface area (Å²) in [6, 6.07) is 15.7. The van der Waals surface area contributed by atoms with E-state index in [0.29, 0.717) is 25.3 Å². The first-order valence-electron chi connectivity index (χ1n) is 9.27. The summed E-state index contributed by atoms with van der Waals surface area (Å²) in [5.74, 6) is -0.0858. The zero-order valence-electron chi connectivity index (χ0n) is 15.5.